The molecule has 1 unspecified atom stereocenters. The average molecular weight is 164 g/mol. The van der Waals surface area contributed by atoms with Crippen LogP contribution in [-0.2, 0) is 23.2 Å². The maximum atomic E-state index is 10.2. The van der Waals surface area contributed by atoms with Gasteiger partial charge in [0.15, 0.2) is 0 Å². The molecule has 1 aliphatic rings. The van der Waals surface area contributed by atoms with Crippen molar-refractivity contribution < 1.29 is 23.2 Å². The Morgan fingerprint density at radius 1 is 1.50 bits per heavy atom. The molecule has 0 fully saturated rings. The van der Waals surface area contributed by atoms with E-state index in [1.165, 1.54) is 0 Å². The summed E-state index contributed by atoms with van der Waals surface area (Å²) < 4.78 is 20.5. The zero-order chi connectivity index (χ0) is 5.98. The van der Waals surface area contributed by atoms with Gasteiger partial charge in [-0.25, -0.2) is 0 Å². The van der Waals surface area contributed by atoms with Crippen LogP contribution in [0.15, 0.2) is 17.6 Å². The second kappa shape index (κ2) is 2.62. The first-order valence-electron chi connectivity index (χ1n) is 2.07. The Labute approximate surface area is 54.7 Å². The van der Waals surface area contributed by atoms with Gasteiger partial charge in [-0.05, 0) is 0 Å². The summed E-state index contributed by atoms with van der Waals surface area (Å²) in [7, 11) is -0.935. The molecular formula is C4H4O2STi. The van der Waals surface area contributed by atoms with Crippen LogP contribution in [0.3, 0.4) is 0 Å². The fourth-order valence-electron chi connectivity index (χ4n) is 0.409. The van der Waals surface area contributed by atoms with E-state index in [2.05, 4.69) is 5.41 Å². The minimum atomic E-state index is -3.12. The van der Waals surface area contributed by atoms with E-state index in [4.69, 9.17) is 0 Å². The van der Waals surface area contributed by atoms with E-state index in [0.29, 0.717) is 0 Å². The standard InChI is InChI=1S/C4H4S.2O.Ti/c1-2-4-5-3-1;;;/h1-3,5H;;;/q+1;;;-1. The third-order valence-corrected chi connectivity index (χ3v) is 5.18. The number of thiol groups is 1. The Balaban J connectivity index is 2.76. The van der Waals surface area contributed by atoms with E-state index in [9.17, 15) is 6.65 Å². The second-order valence-electron chi connectivity index (χ2n) is 1.27. The molecule has 8 heavy (non-hydrogen) atoms. The van der Waals surface area contributed by atoms with Gasteiger partial charge in [0.05, 0.1) is 0 Å². The van der Waals surface area contributed by atoms with E-state index in [-0.39, 0.29) is 0 Å². The van der Waals surface area contributed by atoms with Gasteiger partial charge < -0.3 is 0 Å². The van der Waals surface area contributed by atoms with Gasteiger partial charge in [-0.15, -0.1) is 0 Å². The van der Waals surface area contributed by atoms with Crippen LogP contribution < -0.4 is 0 Å². The number of hydrogen-bond donors (Lipinski definition) is 1. The Hall–Kier alpha value is 0.144. The molecule has 0 aliphatic carbocycles. The van der Waals surface area contributed by atoms with Crippen molar-refractivity contribution in [1.29, 1.82) is 0 Å². The van der Waals surface area contributed by atoms with Gasteiger partial charge >= 0.3 is 54.6 Å². The predicted octanol–water partition coefficient (Wildman–Crippen LogP) is 1.06. The molecule has 4 heteroatoms. The van der Waals surface area contributed by atoms with E-state index in [1.807, 2.05) is 0 Å². The van der Waals surface area contributed by atoms with Crippen molar-refractivity contribution in [3.05, 3.63) is 23.0 Å². The van der Waals surface area contributed by atoms with E-state index in [1.54, 1.807) is 17.6 Å². The van der Waals surface area contributed by atoms with Crippen molar-refractivity contribution in [1.82, 2.24) is 0 Å². The van der Waals surface area contributed by atoms with Crippen LogP contribution in [-0.4, -0.2) is 0 Å². The van der Waals surface area contributed by atoms with Crippen LogP contribution in [0.2, 0.25) is 0 Å². The molecule has 0 aromatic rings. The molecule has 1 radical (unpaired) electrons. The van der Waals surface area contributed by atoms with Crippen LogP contribution in [0.5, 0.6) is 0 Å². The summed E-state index contributed by atoms with van der Waals surface area (Å²) in [5, 5.41) is 4.43. The van der Waals surface area contributed by atoms with Crippen molar-refractivity contribution >= 4 is 8.48 Å². The second-order valence-corrected chi connectivity index (χ2v) is 7.16. The van der Waals surface area contributed by atoms with Crippen molar-refractivity contribution in [2.24, 2.45) is 0 Å². The molecule has 0 N–H and O–H groups in total. The number of allylic oxidation sites excluding steroid dienone is 2. The summed E-state index contributed by atoms with van der Waals surface area (Å²) in [6.45, 7) is 0. The normalized spacial score (nSPS) is 19.8. The Morgan fingerprint density at radius 2 is 2.25 bits per heavy atom. The van der Waals surface area contributed by atoms with Gasteiger partial charge in [-0.1, -0.05) is 0 Å². The fourth-order valence-corrected chi connectivity index (χ4v) is 3.04. The maximum absolute atomic E-state index is 10.2. The van der Waals surface area contributed by atoms with Gasteiger partial charge in [-0.2, -0.15) is 0 Å². The summed E-state index contributed by atoms with van der Waals surface area (Å²) in [5.74, 6) is 0. The van der Waals surface area contributed by atoms with Crippen molar-refractivity contribution in [3.63, 3.8) is 0 Å². The van der Waals surface area contributed by atoms with Crippen LogP contribution in [0, 0.1) is 5.41 Å². The predicted molar refractivity (Wildman–Crippen MR) is 27.3 cm³/mol. The summed E-state index contributed by atoms with van der Waals surface area (Å²) in [6.07, 6.45) is 3.39. The molecule has 0 bridgehead atoms. The SMILES string of the molecule is [O]=[Ti](=[O])[SH]1[C]=CC=C1. The van der Waals surface area contributed by atoms with Crippen LogP contribution in [0.4, 0.5) is 0 Å². The molecule has 2 nitrogen and oxygen atoms in total. The quantitative estimate of drug-likeness (QED) is 0.464. The van der Waals surface area contributed by atoms with Crippen LogP contribution in [0.25, 0.3) is 0 Å². The van der Waals surface area contributed by atoms with Crippen LogP contribution in [0.1, 0.15) is 0 Å². The first kappa shape index (κ1) is 6.27. The van der Waals surface area contributed by atoms with Crippen molar-refractivity contribution in [2.75, 3.05) is 0 Å². The molecule has 0 aromatic heterocycles. The zero-order valence-corrected chi connectivity index (χ0v) is 6.45. The summed E-state index contributed by atoms with van der Waals surface area (Å²) >= 11 is -3.12. The van der Waals surface area contributed by atoms with Crippen molar-refractivity contribution in [2.45, 2.75) is 0 Å². The Bertz CT molecular complexity index is 184. The molecular weight excluding hydrogens is 160 g/mol. The molecule has 1 atom stereocenters. The molecule has 42 valence electrons. The first-order chi connectivity index (χ1) is 3.80. The van der Waals surface area contributed by atoms with Crippen molar-refractivity contribution in [3.8, 4) is 0 Å². The molecule has 0 aromatic carbocycles. The molecule has 0 amide bonds. The monoisotopic (exact) mass is 164 g/mol. The molecule has 0 saturated heterocycles. The minimum absolute atomic E-state index is 0.935. The third kappa shape index (κ3) is 1.31. The molecule has 0 saturated carbocycles. The number of hydrogen-bond acceptors (Lipinski definition) is 2. The Kier molecular flexibility index (Phi) is 2.05. The van der Waals surface area contributed by atoms with Gasteiger partial charge in [0.25, 0.3) is 0 Å². The third-order valence-electron chi connectivity index (χ3n) is 0.742. The van der Waals surface area contributed by atoms with E-state index < -0.39 is 25.0 Å². The number of rotatable bonds is 1. The van der Waals surface area contributed by atoms with Crippen LogP contribution >= 0.6 is 8.48 Å². The first-order valence-corrected chi connectivity index (χ1v) is 6.85. The zero-order valence-electron chi connectivity index (χ0n) is 4.00. The fraction of sp³-hybridized carbons (Fsp3) is 0. The summed E-state index contributed by atoms with van der Waals surface area (Å²) in [4.78, 5) is 0. The summed E-state index contributed by atoms with van der Waals surface area (Å²) in [6, 6.07) is 0. The molecule has 0 spiro atoms. The molecule has 1 aliphatic heterocycles. The van der Waals surface area contributed by atoms with Gasteiger partial charge in [-0.3, -0.25) is 0 Å². The van der Waals surface area contributed by atoms with E-state index in [0.717, 1.165) is 0 Å². The van der Waals surface area contributed by atoms with Gasteiger partial charge in [0.2, 0.25) is 0 Å². The van der Waals surface area contributed by atoms with Gasteiger partial charge in [0, 0.05) is 0 Å². The summed E-state index contributed by atoms with van der Waals surface area (Å²) in [5.41, 5.74) is 0. The molecule has 1 rings (SSSR count). The average Bonchev–Trinajstić information content (AvgIpc) is 2.12. The Morgan fingerprint density at radius 3 is 2.50 bits per heavy atom. The van der Waals surface area contributed by atoms with Gasteiger partial charge in [0.1, 0.15) is 0 Å². The molecule has 1 heterocycles. The van der Waals surface area contributed by atoms with E-state index >= 15 is 0 Å². The topological polar surface area (TPSA) is 34.1 Å².